The molecule has 0 bridgehead atoms. The zero-order valence-electron chi connectivity index (χ0n) is 23.0. The maximum Gasteiger partial charge on any atom is 0.132 e. The number of rotatable bonds is 3. The smallest absolute Gasteiger partial charge is 0.132 e. The van der Waals surface area contributed by atoms with Gasteiger partial charge in [0.05, 0.1) is 0 Å². The van der Waals surface area contributed by atoms with E-state index in [-0.39, 0.29) is 5.41 Å². The fourth-order valence-corrected chi connectivity index (χ4v) is 7.48. The number of benzene rings is 6. The molecule has 7 aromatic rings. The Morgan fingerprint density at radius 3 is 1.85 bits per heavy atom. The van der Waals surface area contributed by atoms with Crippen LogP contribution in [0.5, 0.6) is 11.5 Å². The minimum absolute atomic E-state index is 0.0965. The van der Waals surface area contributed by atoms with Gasteiger partial charge in [0.1, 0.15) is 11.5 Å². The summed E-state index contributed by atoms with van der Waals surface area (Å²) in [4.78, 5) is 0. The van der Waals surface area contributed by atoms with Crippen LogP contribution in [-0.2, 0) is 5.41 Å². The summed E-state index contributed by atoms with van der Waals surface area (Å²) in [5.74, 6) is 1.89. The van der Waals surface area contributed by atoms with Gasteiger partial charge in [-0.05, 0) is 57.6 Å². The summed E-state index contributed by atoms with van der Waals surface area (Å²) in [7, 11) is 0. The van der Waals surface area contributed by atoms with Gasteiger partial charge in [0.25, 0.3) is 0 Å². The molecule has 0 saturated heterocycles. The minimum atomic E-state index is -0.0965. The second-order valence-electron chi connectivity index (χ2n) is 11.4. The van der Waals surface area contributed by atoms with Crippen LogP contribution in [0.1, 0.15) is 25.0 Å². The molecule has 0 spiro atoms. The van der Waals surface area contributed by atoms with Crippen molar-refractivity contribution in [3.05, 3.63) is 145 Å². The van der Waals surface area contributed by atoms with Crippen LogP contribution in [0.25, 0.3) is 53.6 Å². The van der Waals surface area contributed by atoms with Crippen LogP contribution in [0.4, 0.5) is 0 Å². The summed E-state index contributed by atoms with van der Waals surface area (Å²) >= 11 is 1.87. The standard InChI is InChI=1S/C39H28OS/c1-39(2)32-10-4-5-11-34(32)40-35-24-29(22-23-33(35)39)27-16-14-25(15-17-27)26-18-20-28(21-19-26)30-9-7-13-37-38(30)31-8-3-6-12-36(31)41-37/h3-24H,1-2H3. The molecule has 0 amide bonds. The van der Waals surface area contributed by atoms with E-state index in [0.29, 0.717) is 0 Å². The summed E-state index contributed by atoms with van der Waals surface area (Å²) in [5, 5.41) is 2.69. The molecule has 196 valence electrons. The Morgan fingerprint density at radius 1 is 0.488 bits per heavy atom. The zero-order chi connectivity index (χ0) is 27.6. The van der Waals surface area contributed by atoms with Crippen LogP contribution in [0.2, 0.25) is 0 Å². The van der Waals surface area contributed by atoms with Crippen molar-refractivity contribution in [3.63, 3.8) is 0 Å². The third-order valence-electron chi connectivity index (χ3n) is 8.59. The number of hydrogen-bond acceptors (Lipinski definition) is 2. The third-order valence-corrected chi connectivity index (χ3v) is 9.72. The van der Waals surface area contributed by atoms with E-state index in [1.165, 1.54) is 59.1 Å². The van der Waals surface area contributed by atoms with Crippen molar-refractivity contribution in [1.82, 2.24) is 0 Å². The van der Waals surface area contributed by atoms with Gasteiger partial charge in [-0.25, -0.2) is 0 Å². The highest BCUT2D eigenvalue weighted by atomic mass is 32.1. The van der Waals surface area contributed by atoms with E-state index in [1.807, 2.05) is 17.4 Å². The maximum atomic E-state index is 6.36. The first-order chi connectivity index (χ1) is 20.1. The second-order valence-corrected chi connectivity index (χ2v) is 12.4. The Morgan fingerprint density at radius 2 is 1.07 bits per heavy atom. The number of thiophene rings is 1. The van der Waals surface area contributed by atoms with Gasteiger partial charge in [-0.15, -0.1) is 11.3 Å². The highest BCUT2D eigenvalue weighted by Gasteiger charge is 2.34. The number of fused-ring (bicyclic) bond motifs is 5. The van der Waals surface area contributed by atoms with Crippen LogP contribution in [0.15, 0.2) is 133 Å². The SMILES string of the molecule is CC1(C)c2ccccc2Oc2cc(-c3ccc(-c4ccc(-c5cccc6sc7ccccc7c56)cc4)cc3)ccc21. The average molecular weight is 545 g/mol. The topological polar surface area (TPSA) is 9.23 Å². The predicted octanol–water partition coefficient (Wildman–Crippen LogP) is 11.5. The van der Waals surface area contributed by atoms with Crippen molar-refractivity contribution >= 4 is 31.5 Å². The van der Waals surface area contributed by atoms with Crippen molar-refractivity contribution in [1.29, 1.82) is 0 Å². The van der Waals surface area contributed by atoms with Gasteiger partial charge in [-0.2, -0.15) is 0 Å². The van der Waals surface area contributed by atoms with E-state index < -0.39 is 0 Å². The second kappa shape index (κ2) is 9.19. The zero-order valence-corrected chi connectivity index (χ0v) is 23.8. The Hall–Kier alpha value is -4.66. The molecule has 6 aromatic carbocycles. The van der Waals surface area contributed by atoms with Gasteiger partial charge in [-0.3, -0.25) is 0 Å². The van der Waals surface area contributed by atoms with Gasteiger partial charge >= 0.3 is 0 Å². The molecule has 0 aliphatic carbocycles. The molecule has 0 N–H and O–H groups in total. The minimum Gasteiger partial charge on any atom is -0.457 e. The molecule has 0 atom stereocenters. The third kappa shape index (κ3) is 3.90. The lowest BCUT2D eigenvalue weighted by atomic mass is 9.75. The van der Waals surface area contributed by atoms with E-state index in [2.05, 4.69) is 141 Å². The lowest BCUT2D eigenvalue weighted by molar-refractivity contribution is 0.418. The van der Waals surface area contributed by atoms with Crippen LogP contribution in [-0.4, -0.2) is 0 Å². The summed E-state index contributed by atoms with van der Waals surface area (Å²) < 4.78 is 9.04. The molecular weight excluding hydrogens is 516 g/mol. The fourth-order valence-electron chi connectivity index (χ4n) is 6.35. The highest BCUT2D eigenvalue weighted by molar-refractivity contribution is 7.25. The monoisotopic (exact) mass is 544 g/mol. The first-order valence-electron chi connectivity index (χ1n) is 14.1. The molecule has 1 aliphatic heterocycles. The van der Waals surface area contributed by atoms with Crippen molar-refractivity contribution < 1.29 is 4.74 Å². The molecule has 1 aromatic heterocycles. The molecule has 0 fully saturated rings. The van der Waals surface area contributed by atoms with Crippen molar-refractivity contribution in [2.24, 2.45) is 0 Å². The van der Waals surface area contributed by atoms with Crippen LogP contribution >= 0.6 is 11.3 Å². The van der Waals surface area contributed by atoms with E-state index in [1.54, 1.807) is 0 Å². The summed E-state index contributed by atoms with van der Waals surface area (Å²) in [6, 6.07) is 48.2. The number of hydrogen-bond donors (Lipinski definition) is 0. The number of ether oxygens (including phenoxy) is 1. The largest absolute Gasteiger partial charge is 0.457 e. The Balaban J connectivity index is 1.09. The normalized spacial score (nSPS) is 13.5. The van der Waals surface area contributed by atoms with Crippen molar-refractivity contribution in [2.75, 3.05) is 0 Å². The molecule has 2 heteroatoms. The Labute approximate surface area is 244 Å². The Bertz CT molecular complexity index is 2080. The summed E-state index contributed by atoms with van der Waals surface area (Å²) in [6.07, 6.45) is 0. The van der Waals surface area contributed by atoms with Gasteiger partial charge in [0.15, 0.2) is 0 Å². The first-order valence-corrected chi connectivity index (χ1v) is 14.9. The highest BCUT2D eigenvalue weighted by Crippen LogP contribution is 2.48. The van der Waals surface area contributed by atoms with E-state index in [9.17, 15) is 0 Å². The molecule has 1 aliphatic rings. The van der Waals surface area contributed by atoms with Crippen LogP contribution < -0.4 is 4.74 Å². The molecule has 8 rings (SSSR count). The average Bonchev–Trinajstić information content (AvgIpc) is 3.40. The van der Waals surface area contributed by atoms with Gasteiger partial charge in [0, 0.05) is 36.7 Å². The van der Waals surface area contributed by atoms with E-state index >= 15 is 0 Å². The maximum absolute atomic E-state index is 6.36. The fraction of sp³-hybridized carbons (Fsp3) is 0.0769. The first kappa shape index (κ1) is 24.2. The predicted molar refractivity (Wildman–Crippen MR) is 174 cm³/mol. The molecule has 41 heavy (non-hydrogen) atoms. The van der Waals surface area contributed by atoms with E-state index in [4.69, 9.17) is 4.74 Å². The summed E-state index contributed by atoms with van der Waals surface area (Å²) in [6.45, 7) is 4.55. The van der Waals surface area contributed by atoms with Gasteiger partial charge in [-0.1, -0.05) is 123 Å². The van der Waals surface area contributed by atoms with Crippen LogP contribution in [0.3, 0.4) is 0 Å². The lowest BCUT2D eigenvalue weighted by Crippen LogP contribution is -2.24. The molecular formula is C39H28OS. The quantitative estimate of drug-likeness (QED) is 0.215. The molecule has 0 saturated carbocycles. The van der Waals surface area contributed by atoms with Crippen molar-refractivity contribution in [2.45, 2.75) is 19.3 Å². The molecule has 1 nitrogen and oxygen atoms in total. The van der Waals surface area contributed by atoms with Crippen LogP contribution in [0, 0.1) is 0 Å². The molecule has 2 heterocycles. The van der Waals surface area contributed by atoms with E-state index in [0.717, 1.165) is 17.1 Å². The van der Waals surface area contributed by atoms with Crippen molar-refractivity contribution in [3.8, 4) is 44.9 Å². The summed E-state index contributed by atoms with van der Waals surface area (Å²) in [5.41, 5.74) is 9.68. The molecule has 0 radical (unpaired) electrons. The van der Waals surface area contributed by atoms with Gasteiger partial charge in [0.2, 0.25) is 0 Å². The molecule has 0 unspecified atom stereocenters. The number of para-hydroxylation sites is 1. The Kier molecular flexibility index (Phi) is 5.42. The lowest BCUT2D eigenvalue weighted by Gasteiger charge is -2.34. The van der Waals surface area contributed by atoms with Gasteiger partial charge < -0.3 is 4.74 Å².